The summed E-state index contributed by atoms with van der Waals surface area (Å²) in [6, 6.07) is 0. The molecule has 4 nitrogen and oxygen atoms in total. The van der Waals surface area contributed by atoms with Crippen molar-refractivity contribution >= 4 is 29.1 Å². The number of nitrogens with one attached hydrogen (secondary N) is 1. The highest BCUT2D eigenvalue weighted by atomic mass is 35.5. The number of anilines is 1. The third kappa shape index (κ3) is 4.32. The Morgan fingerprint density at radius 1 is 1.33 bits per heavy atom. The molecule has 0 bridgehead atoms. The van der Waals surface area contributed by atoms with E-state index in [1.807, 2.05) is 0 Å². The van der Waals surface area contributed by atoms with E-state index in [2.05, 4.69) is 32.8 Å². The molecule has 0 saturated heterocycles. The molecule has 0 amide bonds. The first kappa shape index (κ1) is 12.7. The molecule has 0 aliphatic carbocycles. The first-order chi connectivity index (χ1) is 7.27. The molecule has 0 radical (unpaired) electrons. The van der Waals surface area contributed by atoms with E-state index < -0.39 is 0 Å². The maximum atomic E-state index is 5.80. The number of halogens is 1. The van der Waals surface area contributed by atoms with Gasteiger partial charge in [0.05, 0.1) is 11.7 Å². The van der Waals surface area contributed by atoms with Gasteiger partial charge >= 0.3 is 0 Å². The van der Waals surface area contributed by atoms with Crippen molar-refractivity contribution in [2.24, 2.45) is 0 Å². The maximum Gasteiger partial charge on any atom is 0.186 e. The summed E-state index contributed by atoms with van der Waals surface area (Å²) >= 11 is 6.93. The summed E-state index contributed by atoms with van der Waals surface area (Å²) in [6.45, 7) is 8.57. The predicted octanol–water partition coefficient (Wildman–Crippen LogP) is 2.34. The smallest absolute Gasteiger partial charge is 0.186 e. The van der Waals surface area contributed by atoms with Crippen LogP contribution >= 0.6 is 23.3 Å². The van der Waals surface area contributed by atoms with E-state index in [4.69, 9.17) is 11.6 Å². The van der Waals surface area contributed by atoms with Crippen LogP contribution in [0.5, 0.6) is 0 Å². The Balaban J connectivity index is 2.14. The van der Waals surface area contributed by atoms with Gasteiger partial charge in [0.1, 0.15) is 0 Å². The summed E-state index contributed by atoms with van der Waals surface area (Å²) in [7, 11) is 0. The summed E-state index contributed by atoms with van der Waals surface area (Å²) < 4.78 is 7.93. The average molecular weight is 249 g/mol. The van der Waals surface area contributed by atoms with Crippen LogP contribution in [-0.2, 0) is 0 Å². The number of hydrogen-bond donors (Lipinski definition) is 1. The van der Waals surface area contributed by atoms with E-state index in [-0.39, 0.29) is 0 Å². The van der Waals surface area contributed by atoms with Gasteiger partial charge in [-0.05, 0) is 26.1 Å². The number of nitrogens with zero attached hydrogens (tertiary/aromatic N) is 3. The summed E-state index contributed by atoms with van der Waals surface area (Å²) in [5.74, 6) is 0.709. The minimum Gasteiger partial charge on any atom is -0.367 e. The Kier molecular flexibility index (Phi) is 5.90. The SMILES string of the molecule is CCN(CC)CCCNc1nsnc1Cl. The Bertz CT molecular complexity index is 275. The maximum absolute atomic E-state index is 5.80. The Morgan fingerprint density at radius 3 is 2.60 bits per heavy atom. The highest BCUT2D eigenvalue weighted by Gasteiger charge is 2.03. The zero-order chi connectivity index (χ0) is 11.1. The van der Waals surface area contributed by atoms with Gasteiger partial charge in [0, 0.05) is 6.54 Å². The Hall–Kier alpha value is -0.390. The van der Waals surface area contributed by atoms with Gasteiger partial charge in [-0.1, -0.05) is 25.4 Å². The van der Waals surface area contributed by atoms with Crippen LogP contribution < -0.4 is 5.32 Å². The molecule has 1 rings (SSSR count). The lowest BCUT2D eigenvalue weighted by molar-refractivity contribution is 0.303. The molecule has 86 valence electrons. The summed E-state index contributed by atoms with van der Waals surface area (Å²) in [6.07, 6.45) is 1.09. The minimum atomic E-state index is 0.475. The molecule has 1 N–H and O–H groups in total. The van der Waals surface area contributed by atoms with Gasteiger partial charge in [0.15, 0.2) is 11.0 Å². The van der Waals surface area contributed by atoms with E-state index in [0.29, 0.717) is 11.0 Å². The van der Waals surface area contributed by atoms with Crippen LogP contribution in [0.2, 0.25) is 5.15 Å². The highest BCUT2D eigenvalue weighted by molar-refractivity contribution is 6.99. The standard InChI is InChI=1S/C9H17ClN4S/c1-3-14(4-2)7-5-6-11-9-8(10)12-15-13-9/h3-7H2,1-2H3,(H,11,13). The monoisotopic (exact) mass is 248 g/mol. The zero-order valence-corrected chi connectivity index (χ0v) is 10.7. The van der Waals surface area contributed by atoms with Gasteiger partial charge in [-0.25, -0.2) is 0 Å². The van der Waals surface area contributed by atoms with Crippen LogP contribution in [0.4, 0.5) is 5.82 Å². The summed E-state index contributed by atoms with van der Waals surface area (Å²) in [4.78, 5) is 2.39. The molecular formula is C9H17ClN4S. The normalized spacial score (nSPS) is 10.9. The lowest BCUT2D eigenvalue weighted by Crippen LogP contribution is -2.25. The molecule has 0 saturated carbocycles. The third-order valence-corrected chi connectivity index (χ3v) is 3.18. The highest BCUT2D eigenvalue weighted by Crippen LogP contribution is 2.17. The van der Waals surface area contributed by atoms with Gasteiger partial charge in [-0.3, -0.25) is 0 Å². The second kappa shape index (κ2) is 6.98. The van der Waals surface area contributed by atoms with E-state index in [1.54, 1.807) is 0 Å². The van der Waals surface area contributed by atoms with Crippen LogP contribution in [0.3, 0.4) is 0 Å². The second-order valence-electron chi connectivity index (χ2n) is 3.21. The number of hydrogen-bond acceptors (Lipinski definition) is 5. The molecule has 0 atom stereocenters. The molecule has 0 spiro atoms. The largest absolute Gasteiger partial charge is 0.367 e. The third-order valence-electron chi connectivity index (χ3n) is 2.29. The molecule has 1 aromatic rings. The minimum absolute atomic E-state index is 0.475. The molecule has 6 heteroatoms. The summed E-state index contributed by atoms with van der Waals surface area (Å²) in [5, 5.41) is 3.65. The van der Waals surface area contributed by atoms with E-state index in [0.717, 1.165) is 44.3 Å². The molecule has 0 aliphatic heterocycles. The lowest BCUT2D eigenvalue weighted by atomic mass is 10.3. The topological polar surface area (TPSA) is 41.0 Å². The van der Waals surface area contributed by atoms with Gasteiger partial charge < -0.3 is 10.2 Å². The van der Waals surface area contributed by atoms with Crippen molar-refractivity contribution in [3.8, 4) is 0 Å². The van der Waals surface area contributed by atoms with E-state index in [1.165, 1.54) is 0 Å². The zero-order valence-electron chi connectivity index (χ0n) is 9.16. The molecule has 15 heavy (non-hydrogen) atoms. The van der Waals surface area contributed by atoms with Crippen LogP contribution in [0.25, 0.3) is 0 Å². The van der Waals surface area contributed by atoms with Crippen LogP contribution in [0.15, 0.2) is 0 Å². The fourth-order valence-electron chi connectivity index (χ4n) is 1.33. The molecule has 0 aliphatic rings. The van der Waals surface area contributed by atoms with Crippen molar-refractivity contribution in [1.82, 2.24) is 13.6 Å². The Labute approximate surface area is 100.0 Å². The lowest BCUT2D eigenvalue weighted by Gasteiger charge is -2.17. The molecule has 0 unspecified atom stereocenters. The Morgan fingerprint density at radius 2 is 2.07 bits per heavy atom. The first-order valence-corrected chi connectivity index (χ1v) is 6.33. The van der Waals surface area contributed by atoms with E-state index >= 15 is 0 Å². The predicted molar refractivity (Wildman–Crippen MR) is 65.8 cm³/mol. The van der Waals surface area contributed by atoms with Crippen LogP contribution in [0.1, 0.15) is 20.3 Å². The molecule has 0 fully saturated rings. The summed E-state index contributed by atoms with van der Waals surface area (Å²) in [5.41, 5.74) is 0. The van der Waals surface area contributed by atoms with Gasteiger partial charge in [-0.15, -0.1) is 0 Å². The van der Waals surface area contributed by atoms with Crippen molar-refractivity contribution in [1.29, 1.82) is 0 Å². The molecule has 1 heterocycles. The number of rotatable bonds is 7. The molecule has 1 aromatic heterocycles. The molecule has 0 aromatic carbocycles. The van der Waals surface area contributed by atoms with Crippen LogP contribution in [-0.4, -0.2) is 39.8 Å². The van der Waals surface area contributed by atoms with E-state index in [9.17, 15) is 0 Å². The number of aromatic nitrogens is 2. The average Bonchev–Trinajstić information content (AvgIpc) is 2.65. The van der Waals surface area contributed by atoms with Crippen molar-refractivity contribution in [3.63, 3.8) is 0 Å². The van der Waals surface area contributed by atoms with Gasteiger partial charge in [-0.2, -0.15) is 8.75 Å². The van der Waals surface area contributed by atoms with Crippen molar-refractivity contribution in [2.45, 2.75) is 20.3 Å². The van der Waals surface area contributed by atoms with Crippen LogP contribution in [0, 0.1) is 0 Å². The quantitative estimate of drug-likeness (QED) is 0.752. The molecular weight excluding hydrogens is 232 g/mol. The fraction of sp³-hybridized carbons (Fsp3) is 0.778. The first-order valence-electron chi connectivity index (χ1n) is 5.22. The van der Waals surface area contributed by atoms with Crippen molar-refractivity contribution in [2.75, 3.05) is 31.5 Å². The van der Waals surface area contributed by atoms with Gasteiger partial charge in [0.25, 0.3) is 0 Å². The second-order valence-corrected chi connectivity index (χ2v) is 4.10. The van der Waals surface area contributed by atoms with Crippen molar-refractivity contribution in [3.05, 3.63) is 5.15 Å². The van der Waals surface area contributed by atoms with Gasteiger partial charge in [0.2, 0.25) is 0 Å². The fourth-order valence-corrected chi connectivity index (χ4v) is 2.02. The van der Waals surface area contributed by atoms with Crippen molar-refractivity contribution < 1.29 is 0 Å².